The van der Waals surface area contributed by atoms with Crippen LogP contribution in [-0.4, -0.2) is 11.7 Å². The summed E-state index contributed by atoms with van der Waals surface area (Å²) in [5.41, 5.74) is 5.71. The molecule has 0 bridgehead atoms. The van der Waals surface area contributed by atoms with Gasteiger partial charge in [-0.2, -0.15) is 0 Å². The summed E-state index contributed by atoms with van der Waals surface area (Å²) >= 11 is 5.52. The number of nitrogens with one attached hydrogen (secondary N) is 3. The van der Waals surface area contributed by atoms with Gasteiger partial charge in [0.2, 0.25) is 0 Å². The number of hydrogen-bond acceptors (Lipinski definition) is 2. The van der Waals surface area contributed by atoms with Crippen molar-refractivity contribution in [3.8, 4) is 0 Å². The Labute approximate surface area is 195 Å². The van der Waals surface area contributed by atoms with E-state index in [1.807, 2.05) is 54.6 Å². The van der Waals surface area contributed by atoms with Gasteiger partial charge in [0.05, 0.1) is 0 Å². The van der Waals surface area contributed by atoms with Gasteiger partial charge in [0.1, 0.15) is 0 Å². The van der Waals surface area contributed by atoms with Gasteiger partial charge in [-0.1, -0.05) is 78.9 Å². The molecule has 0 fully saturated rings. The fourth-order valence-electron chi connectivity index (χ4n) is 3.73. The maximum Gasteiger partial charge on any atom is 0.170 e. The molecule has 4 rings (SSSR count). The highest BCUT2D eigenvalue weighted by Gasteiger charge is 2.13. The highest BCUT2D eigenvalue weighted by atomic mass is 32.1. The van der Waals surface area contributed by atoms with Crippen molar-refractivity contribution in [3.63, 3.8) is 0 Å². The molecule has 0 saturated carbocycles. The number of anilines is 3. The normalized spacial score (nSPS) is 10.5. The number of rotatable bonds is 8. The summed E-state index contributed by atoms with van der Waals surface area (Å²) in [5, 5.41) is 10.7. The van der Waals surface area contributed by atoms with Gasteiger partial charge < -0.3 is 16.0 Å². The van der Waals surface area contributed by atoms with Crippen LogP contribution in [0.1, 0.15) is 23.5 Å². The molecule has 0 heterocycles. The predicted octanol–water partition coefficient (Wildman–Crippen LogP) is 6.94. The topological polar surface area (TPSA) is 36.1 Å². The molecule has 0 saturated heterocycles. The van der Waals surface area contributed by atoms with E-state index in [1.54, 1.807) is 0 Å². The molecular weight excluding hydrogens is 410 g/mol. The van der Waals surface area contributed by atoms with Crippen molar-refractivity contribution in [3.05, 3.63) is 126 Å². The molecule has 0 aliphatic carbocycles. The Morgan fingerprint density at radius 1 is 0.594 bits per heavy atom. The largest absolute Gasteiger partial charge is 0.362 e. The fraction of sp³-hybridized carbons (Fsp3) is 0.107. The van der Waals surface area contributed by atoms with Crippen molar-refractivity contribution in [1.29, 1.82) is 0 Å². The van der Waals surface area contributed by atoms with Gasteiger partial charge in [-0.3, -0.25) is 0 Å². The lowest BCUT2D eigenvalue weighted by Crippen LogP contribution is -2.30. The van der Waals surface area contributed by atoms with E-state index in [4.69, 9.17) is 12.2 Å². The Hall–Kier alpha value is -3.63. The van der Waals surface area contributed by atoms with Crippen LogP contribution in [-0.2, 0) is 0 Å². The predicted molar refractivity (Wildman–Crippen MR) is 140 cm³/mol. The summed E-state index contributed by atoms with van der Waals surface area (Å²) in [6, 6.07) is 39.5. The SMILES string of the molecule is S=C(NCCC(c1ccccc1)c1ccccc1)Nc1ccc(Nc2ccccc2)cc1. The van der Waals surface area contributed by atoms with E-state index in [1.165, 1.54) is 11.1 Å². The molecule has 0 aliphatic rings. The average Bonchev–Trinajstić information content (AvgIpc) is 2.85. The smallest absolute Gasteiger partial charge is 0.170 e. The highest BCUT2D eigenvalue weighted by Crippen LogP contribution is 2.27. The zero-order chi connectivity index (χ0) is 22.0. The summed E-state index contributed by atoms with van der Waals surface area (Å²) < 4.78 is 0. The molecule has 0 unspecified atom stereocenters. The minimum absolute atomic E-state index is 0.330. The number of thiocarbonyl (C=S) groups is 1. The first kappa shape index (κ1) is 21.6. The Balaban J connectivity index is 1.30. The van der Waals surface area contributed by atoms with Crippen LogP contribution in [0.3, 0.4) is 0 Å². The third-order valence-corrected chi connectivity index (χ3v) is 5.57. The van der Waals surface area contributed by atoms with Crippen LogP contribution >= 0.6 is 12.2 Å². The molecule has 0 spiro atoms. The summed E-state index contributed by atoms with van der Waals surface area (Å²) in [7, 11) is 0. The lowest BCUT2D eigenvalue weighted by Gasteiger charge is -2.19. The van der Waals surface area contributed by atoms with Crippen LogP contribution in [0.2, 0.25) is 0 Å². The van der Waals surface area contributed by atoms with Crippen LogP contribution in [0.5, 0.6) is 0 Å². The number of hydrogen-bond donors (Lipinski definition) is 3. The third kappa shape index (κ3) is 6.19. The lowest BCUT2D eigenvalue weighted by molar-refractivity contribution is 0.694. The summed E-state index contributed by atoms with van der Waals surface area (Å²) in [6.45, 7) is 0.786. The molecule has 3 nitrogen and oxygen atoms in total. The van der Waals surface area contributed by atoms with E-state index in [-0.39, 0.29) is 0 Å². The van der Waals surface area contributed by atoms with Crippen molar-refractivity contribution < 1.29 is 0 Å². The average molecular weight is 438 g/mol. The molecule has 4 aromatic rings. The fourth-order valence-corrected chi connectivity index (χ4v) is 3.95. The highest BCUT2D eigenvalue weighted by molar-refractivity contribution is 7.80. The van der Waals surface area contributed by atoms with Crippen LogP contribution in [0.4, 0.5) is 17.1 Å². The van der Waals surface area contributed by atoms with E-state index in [0.717, 1.165) is 30.0 Å². The summed E-state index contributed by atoms with van der Waals surface area (Å²) in [4.78, 5) is 0. The molecule has 0 amide bonds. The van der Waals surface area contributed by atoms with Gasteiger partial charge in [0, 0.05) is 29.5 Å². The second kappa shape index (κ2) is 11.1. The third-order valence-electron chi connectivity index (χ3n) is 5.33. The molecule has 0 aromatic heterocycles. The van der Waals surface area contributed by atoms with Crippen molar-refractivity contribution in [1.82, 2.24) is 5.32 Å². The Morgan fingerprint density at radius 3 is 1.62 bits per heavy atom. The summed E-state index contributed by atoms with van der Waals surface area (Å²) in [6.07, 6.45) is 0.954. The van der Waals surface area contributed by atoms with Gasteiger partial charge >= 0.3 is 0 Å². The van der Waals surface area contributed by atoms with Crippen molar-refractivity contribution in [2.45, 2.75) is 12.3 Å². The molecule has 0 radical (unpaired) electrons. The van der Waals surface area contributed by atoms with Crippen molar-refractivity contribution in [2.24, 2.45) is 0 Å². The number of benzene rings is 4. The summed E-state index contributed by atoms with van der Waals surface area (Å²) in [5.74, 6) is 0.330. The second-order valence-corrected chi connectivity index (χ2v) is 8.02. The van der Waals surface area contributed by atoms with Gasteiger partial charge in [-0.05, 0) is 66.2 Å². The van der Waals surface area contributed by atoms with Gasteiger partial charge in [0.15, 0.2) is 5.11 Å². The molecule has 0 aliphatic heterocycles. The minimum Gasteiger partial charge on any atom is -0.362 e. The van der Waals surface area contributed by atoms with E-state index in [0.29, 0.717) is 11.0 Å². The first-order valence-corrected chi connectivity index (χ1v) is 11.3. The molecule has 0 atom stereocenters. The monoisotopic (exact) mass is 437 g/mol. The molecule has 160 valence electrons. The molecule has 4 aromatic carbocycles. The maximum atomic E-state index is 5.52. The lowest BCUT2D eigenvalue weighted by atomic mass is 9.88. The Morgan fingerprint density at radius 2 is 1.06 bits per heavy atom. The number of para-hydroxylation sites is 1. The van der Waals surface area contributed by atoms with Gasteiger partial charge in [-0.15, -0.1) is 0 Å². The molecule has 32 heavy (non-hydrogen) atoms. The Kier molecular flexibility index (Phi) is 7.51. The van der Waals surface area contributed by atoms with Crippen LogP contribution in [0, 0.1) is 0 Å². The zero-order valence-electron chi connectivity index (χ0n) is 17.9. The van der Waals surface area contributed by atoms with E-state index in [2.05, 4.69) is 76.6 Å². The molecule has 4 heteroatoms. The van der Waals surface area contributed by atoms with E-state index in [9.17, 15) is 0 Å². The van der Waals surface area contributed by atoms with Gasteiger partial charge in [0.25, 0.3) is 0 Å². The van der Waals surface area contributed by atoms with E-state index >= 15 is 0 Å². The van der Waals surface area contributed by atoms with Crippen LogP contribution in [0.15, 0.2) is 115 Å². The van der Waals surface area contributed by atoms with Crippen molar-refractivity contribution >= 4 is 34.4 Å². The Bertz CT molecular complexity index is 1060. The second-order valence-electron chi connectivity index (χ2n) is 7.61. The standard InChI is InChI=1S/C28H27N3S/c32-28(31-26-18-16-25(17-19-26)30-24-14-8-3-9-15-24)29-21-20-27(22-10-4-1-5-11-22)23-12-6-2-7-13-23/h1-19,27,30H,20-21H2,(H2,29,31,32). The van der Waals surface area contributed by atoms with Crippen LogP contribution in [0.25, 0.3) is 0 Å². The maximum absolute atomic E-state index is 5.52. The molecule has 3 N–H and O–H groups in total. The zero-order valence-corrected chi connectivity index (χ0v) is 18.7. The first-order valence-electron chi connectivity index (χ1n) is 10.8. The minimum atomic E-state index is 0.330. The van der Waals surface area contributed by atoms with Gasteiger partial charge in [-0.25, -0.2) is 0 Å². The van der Waals surface area contributed by atoms with Crippen molar-refractivity contribution in [2.75, 3.05) is 17.2 Å². The molecular formula is C28H27N3S. The quantitative estimate of drug-likeness (QED) is 0.261. The van der Waals surface area contributed by atoms with E-state index < -0.39 is 0 Å². The van der Waals surface area contributed by atoms with Crippen LogP contribution < -0.4 is 16.0 Å². The first-order chi connectivity index (χ1) is 15.8.